The molecule has 0 spiro atoms. The van der Waals surface area contributed by atoms with Gasteiger partial charge in [0.2, 0.25) is 0 Å². The summed E-state index contributed by atoms with van der Waals surface area (Å²) >= 11 is 5.89. The molecule has 1 aliphatic heterocycles. The lowest BCUT2D eigenvalue weighted by Crippen LogP contribution is -2.61. The van der Waals surface area contributed by atoms with Gasteiger partial charge in [-0.25, -0.2) is 0 Å². The zero-order chi connectivity index (χ0) is 18.9. The third-order valence-electron chi connectivity index (χ3n) is 4.55. The maximum atomic E-state index is 12.6. The highest BCUT2D eigenvalue weighted by Gasteiger charge is 2.45. The number of benzene rings is 2. The number of amides is 1. The number of hydrogen-bond donors (Lipinski definition) is 1. The monoisotopic (exact) mass is 380 g/mol. The Morgan fingerprint density at radius 1 is 1.04 bits per heavy atom. The van der Waals surface area contributed by atoms with Crippen LogP contribution in [0.15, 0.2) is 73.1 Å². The SMILES string of the molecule is O=C(c1ccc(Oc2cccnc2)cc1)N1CC(O)(c2ccc(Cl)cc2)C1. The fraction of sp³-hybridized carbons (Fsp3) is 0.143. The number of β-amino-alcohol motifs (C(OH)–C–C–N with tert-alkyl or cyclic N) is 1. The molecule has 136 valence electrons. The predicted molar refractivity (Wildman–Crippen MR) is 102 cm³/mol. The highest BCUT2D eigenvalue weighted by Crippen LogP contribution is 2.33. The van der Waals surface area contributed by atoms with E-state index in [-0.39, 0.29) is 19.0 Å². The highest BCUT2D eigenvalue weighted by atomic mass is 35.5. The van der Waals surface area contributed by atoms with Crippen molar-refractivity contribution in [2.75, 3.05) is 13.1 Å². The zero-order valence-corrected chi connectivity index (χ0v) is 15.1. The quantitative estimate of drug-likeness (QED) is 0.746. The number of rotatable bonds is 4. The zero-order valence-electron chi connectivity index (χ0n) is 14.4. The number of hydrogen-bond acceptors (Lipinski definition) is 4. The van der Waals surface area contributed by atoms with Crippen molar-refractivity contribution in [1.82, 2.24) is 9.88 Å². The van der Waals surface area contributed by atoms with Gasteiger partial charge >= 0.3 is 0 Å². The number of halogens is 1. The van der Waals surface area contributed by atoms with Crippen LogP contribution in [0.2, 0.25) is 5.02 Å². The molecule has 0 aliphatic carbocycles. The summed E-state index contributed by atoms with van der Waals surface area (Å²) in [6, 6.07) is 17.6. The second kappa shape index (κ2) is 7.02. The van der Waals surface area contributed by atoms with Gasteiger partial charge in [-0.3, -0.25) is 9.78 Å². The topological polar surface area (TPSA) is 62.7 Å². The smallest absolute Gasteiger partial charge is 0.254 e. The minimum absolute atomic E-state index is 0.124. The molecule has 1 fully saturated rings. The van der Waals surface area contributed by atoms with Crippen LogP contribution in [0.1, 0.15) is 15.9 Å². The number of ether oxygens (including phenoxy) is 1. The number of likely N-dealkylation sites (tertiary alicyclic amines) is 1. The van der Waals surface area contributed by atoms with E-state index in [4.69, 9.17) is 16.3 Å². The van der Waals surface area contributed by atoms with E-state index in [9.17, 15) is 9.90 Å². The van der Waals surface area contributed by atoms with Crippen LogP contribution in [-0.2, 0) is 5.60 Å². The molecule has 1 amide bonds. The Morgan fingerprint density at radius 3 is 2.37 bits per heavy atom. The lowest BCUT2D eigenvalue weighted by molar-refractivity contribution is -0.0863. The average molecular weight is 381 g/mol. The van der Waals surface area contributed by atoms with Crippen molar-refractivity contribution in [2.24, 2.45) is 0 Å². The minimum Gasteiger partial charge on any atom is -0.456 e. The van der Waals surface area contributed by atoms with E-state index in [1.165, 1.54) is 0 Å². The van der Waals surface area contributed by atoms with Crippen LogP contribution in [0.5, 0.6) is 11.5 Å². The lowest BCUT2D eigenvalue weighted by atomic mass is 9.85. The summed E-state index contributed by atoms with van der Waals surface area (Å²) in [5, 5.41) is 11.3. The van der Waals surface area contributed by atoms with Crippen LogP contribution < -0.4 is 4.74 Å². The van der Waals surface area contributed by atoms with Crippen LogP contribution in [0.25, 0.3) is 0 Å². The van der Waals surface area contributed by atoms with Gasteiger partial charge in [-0.2, -0.15) is 0 Å². The molecule has 5 nitrogen and oxygen atoms in total. The van der Waals surface area contributed by atoms with E-state index in [1.54, 1.807) is 71.9 Å². The van der Waals surface area contributed by atoms with Crippen molar-refractivity contribution in [3.05, 3.63) is 89.2 Å². The number of aliphatic hydroxyl groups is 1. The van der Waals surface area contributed by atoms with Gasteiger partial charge in [-0.05, 0) is 54.1 Å². The first-order valence-corrected chi connectivity index (χ1v) is 8.87. The second-order valence-electron chi connectivity index (χ2n) is 6.51. The first kappa shape index (κ1) is 17.5. The molecular formula is C21H17ClN2O3. The molecule has 2 heterocycles. The number of pyridine rings is 1. The van der Waals surface area contributed by atoms with E-state index in [0.717, 1.165) is 5.56 Å². The first-order valence-electron chi connectivity index (χ1n) is 8.49. The number of nitrogens with zero attached hydrogens (tertiary/aromatic N) is 2. The summed E-state index contributed by atoms with van der Waals surface area (Å²) in [7, 11) is 0. The Morgan fingerprint density at radius 2 is 1.74 bits per heavy atom. The summed E-state index contributed by atoms with van der Waals surface area (Å²) in [5.74, 6) is 1.13. The van der Waals surface area contributed by atoms with Crippen LogP contribution in [0, 0.1) is 0 Å². The molecule has 2 aromatic carbocycles. The summed E-state index contributed by atoms with van der Waals surface area (Å²) in [6.45, 7) is 0.503. The molecule has 1 aliphatic rings. The molecule has 1 aromatic heterocycles. The highest BCUT2D eigenvalue weighted by molar-refractivity contribution is 6.30. The Balaban J connectivity index is 1.40. The molecule has 1 N–H and O–H groups in total. The fourth-order valence-electron chi connectivity index (χ4n) is 3.06. The summed E-state index contributed by atoms with van der Waals surface area (Å²) < 4.78 is 5.68. The Labute approximate surface area is 161 Å². The van der Waals surface area contributed by atoms with E-state index >= 15 is 0 Å². The van der Waals surface area contributed by atoms with Crippen molar-refractivity contribution in [3.8, 4) is 11.5 Å². The van der Waals surface area contributed by atoms with Gasteiger partial charge in [-0.1, -0.05) is 23.7 Å². The van der Waals surface area contributed by atoms with Crippen LogP contribution in [-0.4, -0.2) is 34.0 Å². The van der Waals surface area contributed by atoms with E-state index in [2.05, 4.69) is 4.98 Å². The largest absolute Gasteiger partial charge is 0.456 e. The van der Waals surface area contributed by atoms with Gasteiger partial charge in [0, 0.05) is 16.8 Å². The maximum Gasteiger partial charge on any atom is 0.254 e. The van der Waals surface area contributed by atoms with Gasteiger partial charge in [0.25, 0.3) is 5.91 Å². The van der Waals surface area contributed by atoms with Crippen molar-refractivity contribution >= 4 is 17.5 Å². The van der Waals surface area contributed by atoms with E-state index in [1.807, 2.05) is 6.07 Å². The number of carbonyl (C=O) groups is 1. The van der Waals surface area contributed by atoms with Crippen LogP contribution in [0.4, 0.5) is 0 Å². The van der Waals surface area contributed by atoms with Crippen molar-refractivity contribution in [3.63, 3.8) is 0 Å². The standard InChI is InChI=1S/C21H17ClN2O3/c22-17-7-5-16(6-8-17)21(26)13-24(14-21)20(25)15-3-9-18(10-4-15)27-19-2-1-11-23-12-19/h1-12,26H,13-14H2. The van der Waals surface area contributed by atoms with Gasteiger partial charge in [-0.15, -0.1) is 0 Å². The molecule has 0 saturated carbocycles. The van der Waals surface area contributed by atoms with Gasteiger partial charge < -0.3 is 14.7 Å². The minimum atomic E-state index is -1.02. The normalized spacial score (nSPS) is 15.1. The molecule has 4 rings (SSSR count). The number of aromatic nitrogens is 1. The second-order valence-corrected chi connectivity index (χ2v) is 6.95. The van der Waals surface area contributed by atoms with E-state index < -0.39 is 5.60 Å². The molecule has 6 heteroatoms. The molecule has 3 aromatic rings. The summed E-state index contributed by atoms with van der Waals surface area (Å²) in [4.78, 5) is 18.2. The Kier molecular flexibility index (Phi) is 4.56. The van der Waals surface area contributed by atoms with Crippen molar-refractivity contribution in [2.45, 2.75) is 5.60 Å². The van der Waals surface area contributed by atoms with E-state index in [0.29, 0.717) is 22.1 Å². The molecule has 27 heavy (non-hydrogen) atoms. The van der Waals surface area contributed by atoms with Crippen LogP contribution in [0.3, 0.4) is 0 Å². The fourth-order valence-corrected chi connectivity index (χ4v) is 3.19. The number of carbonyl (C=O) groups excluding carboxylic acids is 1. The lowest BCUT2D eigenvalue weighted by Gasteiger charge is -2.46. The van der Waals surface area contributed by atoms with Gasteiger partial charge in [0.15, 0.2) is 0 Å². The Bertz CT molecular complexity index is 937. The molecule has 1 saturated heterocycles. The molecule has 0 bridgehead atoms. The molecule has 0 radical (unpaired) electrons. The third kappa shape index (κ3) is 3.65. The molecule has 0 atom stereocenters. The first-order chi connectivity index (χ1) is 13.0. The summed E-state index contributed by atoms with van der Waals surface area (Å²) in [5.41, 5.74) is 0.284. The Hall–Kier alpha value is -2.89. The van der Waals surface area contributed by atoms with Gasteiger partial charge in [0.05, 0.1) is 19.3 Å². The maximum absolute atomic E-state index is 12.6. The van der Waals surface area contributed by atoms with Crippen LogP contribution >= 0.6 is 11.6 Å². The molecular weight excluding hydrogens is 364 g/mol. The van der Waals surface area contributed by atoms with Crippen molar-refractivity contribution < 1.29 is 14.6 Å². The van der Waals surface area contributed by atoms with Gasteiger partial charge in [0.1, 0.15) is 17.1 Å². The summed E-state index contributed by atoms with van der Waals surface area (Å²) in [6.07, 6.45) is 3.30. The average Bonchev–Trinajstić information content (AvgIpc) is 2.67. The van der Waals surface area contributed by atoms with Crippen molar-refractivity contribution in [1.29, 1.82) is 0 Å². The predicted octanol–water partition coefficient (Wildman–Crippen LogP) is 3.87. The molecule has 0 unspecified atom stereocenters. The third-order valence-corrected chi connectivity index (χ3v) is 4.80.